The summed E-state index contributed by atoms with van der Waals surface area (Å²) in [5.74, 6) is -1.35. The van der Waals surface area contributed by atoms with E-state index in [9.17, 15) is 19.5 Å². The minimum absolute atomic E-state index is 0.0180. The zero-order valence-electron chi connectivity index (χ0n) is 19.5. The van der Waals surface area contributed by atoms with Crippen LogP contribution in [0.4, 0.5) is 4.79 Å². The molecule has 2 aromatic carbocycles. The number of ether oxygens (including phenoxy) is 1. The van der Waals surface area contributed by atoms with E-state index in [1.165, 1.54) is 0 Å². The molecular weight excluding hydrogens is 432 g/mol. The second-order valence-corrected chi connectivity index (χ2v) is 9.19. The lowest BCUT2D eigenvalue weighted by Crippen LogP contribution is -2.52. The van der Waals surface area contributed by atoms with Crippen molar-refractivity contribution >= 4 is 18.0 Å². The largest absolute Gasteiger partial charge is 0.481 e. The molecule has 3 N–H and O–H groups in total. The third kappa shape index (κ3) is 5.24. The molecule has 2 aliphatic rings. The van der Waals surface area contributed by atoms with Gasteiger partial charge in [0.05, 0.1) is 6.42 Å². The van der Waals surface area contributed by atoms with Gasteiger partial charge in [-0.25, -0.2) is 4.79 Å². The van der Waals surface area contributed by atoms with E-state index < -0.39 is 30.4 Å². The minimum atomic E-state index is -1.19. The van der Waals surface area contributed by atoms with Crippen LogP contribution in [0, 0.1) is 5.92 Å². The topological polar surface area (TPSA) is 105 Å². The average Bonchev–Trinajstić information content (AvgIpc) is 3.47. The maximum absolute atomic E-state index is 12.9. The molecule has 2 unspecified atom stereocenters. The van der Waals surface area contributed by atoms with Crippen LogP contribution in [-0.4, -0.2) is 41.8 Å². The second-order valence-electron chi connectivity index (χ2n) is 9.19. The van der Waals surface area contributed by atoms with E-state index in [1.807, 2.05) is 43.3 Å². The molecule has 4 rings (SSSR count). The van der Waals surface area contributed by atoms with Gasteiger partial charge in [-0.1, -0.05) is 68.3 Å². The lowest BCUT2D eigenvalue weighted by Gasteiger charge is -2.26. The van der Waals surface area contributed by atoms with Gasteiger partial charge in [-0.15, -0.1) is 0 Å². The van der Waals surface area contributed by atoms with Gasteiger partial charge >= 0.3 is 12.1 Å². The van der Waals surface area contributed by atoms with Crippen molar-refractivity contribution in [1.29, 1.82) is 0 Å². The van der Waals surface area contributed by atoms with Gasteiger partial charge in [0.1, 0.15) is 12.6 Å². The molecule has 1 fully saturated rings. The van der Waals surface area contributed by atoms with Crippen molar-refractivity contribution in [3.63, 3.8) is 0 Å². The Morgan fingerprint density at radius 2 is 1.56 bits per heavy atom. The number of fused-ring (bicyclic) bond motifs is 3. The molecule has 34 heavy (non-hydrogen) atoms. The highest BCUT2D eigenvalue weighted by molar-refractivity contribution is 5.89. The first-order valence-corrected chi connectivity index (χ1v) is 12.1. The quantitative estimate of drug-likeness (QED) is 0.508. The van der Waals surface area contributed by atoms with E-state index in [0.29, 0.717) is 5.92 Å². The summed E-state index contributed by atoms with van der Waals surface area (Å²) in [5, 5.41) is 14.8. The Morgan fingerprint density at radius 3 is 2.12 bits per heavy atom. The molecule has 2 aliphatic carbocycles. The van der Waals surface area contributed by atoms with Crippen LogP contribution in [0.2, 0.25) is 0 Å². The molecule has 2 aromatic rings. The summed E-state index contributed by atoms with van der Waals surface area (Å²) in [6, 6.07) is 14.8. The molecule has 1 saturated carbocycles. The smallest absolute Gasteiger partial charge is 0.407 e. The zero-order valence-corrected chi connectivity index (χ0v) is 19.5. The van der Waals surface area contributed by atoms with Crippen LogP contribution < -0.4 is 10.6 Å². The lowest BCUT2D eigenvalue weighted by atomic mass is 9.95. The Hall–Kier alpha value is -3.35. The van der Waals surface area contributed by atoms with Gasteiger partial charge in [0.25, 0.3) is 0 Å². The molecule has 0 aliphatic heterocycles. The number of aliphatic carboxylic acids is 1. The standard InChI is InChI=1S/C27H32N2O5/c1-2-23(17-9-3-4-10-17)28-26(32)24(15-25(30)31)29-27(33)34-16-22-20-13-7-5-11-18(20)19-12-6-8-14-21(19)22/h5-8,11-14,17,22-24H,2-4,9-10,15-16H2,1H3,(H,28,32)(H,29,33)(H,30,31). The fourth-order valence-electron chi connectivity index (χ4n) is 5.36. The Morgan fingerprint density at radius 1 is 0.971 bits per heavy atom. The van der Waals surface area contributed by atoms with Crippen LogP contribution in [0.3, 0.4) is 0 Å². The molecule has 0 saturated heterocycles. The third-order valence-corrected chi connectivity index (χ3v) is 7.07. The maximum atomic E-state index is 12.9. The number of rotatable bonds is 9. The summed E-state index contributed by atoms with van der Waals surface area (Å²) in [5.41, 5.74) is 4.40. The summed E-state index contributed by atoms with van der Waals surface area (Å²) < 4.78 is 5.51. The number of benzene rings is 2. The van der Waals surface area contributed by atoms with Crippen molar-refractivity contribution in [2.24, 2.45) is 5.92 Å². The van der Waals surface area contributed by atoms with Crippen LogP contribution in [0.25, 0.3) is 11.1 Å². The van der Waals surface area contributed by atoms with Gasteiger partial charge in [-0.05, 0) is 47.4 Å². The van der Waals surface area contributed by atoms with E-state index in [1.54, 1.807) is 0 Å². The Labute approximate surface area is 199 Å². The average molecular weight is 465 g/mol. The van der Waals surface area contributed by atoms with Crippen molar-refractivity contribution in [3.8, 4) is 11.1 Å². The zero-order chi connectivity index (χ0) is 24.1. The number of carbonyl (C=O) groups excluding carboxylic acids is 2. The van der Waals surface area contributed by atoms with Crippen LogP contribution in [0.1, 0.15) is 62.5 Å². The van der Waals surface area contributed by atoms with Gasteiger partial charge in [-0.3, -0.25) is 9.59 Å². The van der Waals surface area contributed by atoms with E-state index in [-0.39, 0.29) is 18.6 Å². The van der Waals surface area contributed by atoms with E-state index in [2.05, 4.69) is 22.8 Å². The summed E-state index contributed by atoms with van der Waals surface area (Å²) in [6.07, 6.45) is 3.88. The van der Waals surface area contributed by atoms with Crippen molar-refractivity contribution in [2.45, 2.75) is 63.5 Å². The minimum Gasteiger partial charge on any atom is -0.481 e. The molecule has 0 bridgehead atoms. The van der Waals surface area contributed by atoms with Crippen molar-refractivity contribution < 1.29 is 24.2 Å². The molecule has 0 heterocycles. The molecule has 180 valence electrons. The summed E-state index contributed by atoms with van der Waals surface area (Å²) in [7, 11) is 0. The number of hydrogen-bond donors (Lipinski definition) is 3. The normalized spacial score (nSPS) is 16.9. The molecule has 7 nitrogen and oxygen atoms in total. The number of carboxylic acid groups (broad SMARTS) is 1. The van der Waals surface area contributed by atoms with Gasteiger partial charge in [0.2, 0.25) is 5.91 Å². The van der Waals surface area contributed by atoms with Crippen LogP contribution in [0.15, 0.2) is 48.5 Å². The number of hydrogen-bond acceptors (Lipinski definition) is 4. The second kappa shape index (κ2) is 10.7. The molecule has 2 atom stereocenters. The maximum Gasteiger partial charge on any atom is 0.407 e. The highest BCUT2D eigenvalue weighted by Crippen LogP contribution is 2.44. The molecular formula is C27H32N2O5. The highest BCUT2D eigenvalue weighted by atomic mass is 16.5. The van der Waals surface area contributed by atoms with Gasteiger partial charge in [0.15, 0.2) is 0 Å². The summed E-state index contributed by atoms with van der Waals surface area (Å²) >= 11 is 0. The first-order valence-electron chi connectivity index (χ1n) is 12.1. The van der Waals surface area contributed by atoms with Gasteiger partial charge < -0.3 is 20.5 Å². The lowest BCUT2D eigenvalue weighted by molar-refractivity contribution is -0.140. The molecule has 7 heteroatoms. The van der Waals surface area contributed by atoms with Crippen LogP contribution >= 0.6 is 0 Å². The summed E-state index contributed by atoms with van der Waals surface area (Å²) in [4.78, 5) is 36.9. The predicted octanol–water partition coefficient (Wildman–Crippen LogP) is 4.45. The SMILES string of the molecule is CCC(NC(=O)C(CC(=O)O)NC(=O)OCC1c2ccccc2-c2ccccc21)C1CCCC1. The number of carbonyl (C=O) groups is 3. The fraction of sp³-hybridized carbons (Fsp3) is 0.444. The first kappa shape index (κ1) is 23.8. The Bertz CT molecular complexity index is 1000. The van der Waals surface area contributed by atoms with Gasteiger partial charge in [-0.2, -0.15) is 0 Å². The Balaban J connectivity index is 1.39. The molecule has 2 amide bonds. The third-order valence-electron chi connectivity index (χ3n) is 7.07. The van der Waals surface area contributed by atoms with E-state index >= 15 is 0 Å². The number of alkyl carbamates (subject to hydrolysis) is 1. The van der Waals surface area contributed by atoms with Crippen LogP contribution in [-0.2, 0) is 14.3 Å². The number of carboxylic acids is 1. The predicted molar refractivity (Wildman–Crippen MR) is 128 cm³/mol. The molecule has 0 aromatic heterocycles. The number of amides is 2. The van der Waals surface area contributed by atoms with E-state index in [0.717, 1.165) is 54.4 Å². The highest BCUT2D eigenvalue weighted by Gasteiger charge is 2.32. The molecule has 0 spiro atoms. The molecule has 0 radical (unpaired) electrons. The van der Waals surface area contributed by atoms with Crippen LogP contribution in [0.5, 0.6) is 0 Å². The fourth-order valence-corrected chi connectivity index (χ4v) is 5.36. The Kier molecular flexibility index (Phi) is 7.50. The van der Waals surface area contributed by atoms with E-state index in [4.69, 9.17) is 4.74 Å². The summed E-state index contributed by atoms with van der Waals surface area (Å²) in [6.45, 7) is 2.11. The van der Waals surface area contributed by atoms with Crippen molar-refractivity contribution in [2.75, 3.05) is 6.61 Å². The van der Waals surface area contributed by atoms with Gasteiger partial charge in [0, 0.05) is 12.0 Å². The number of nitrogens with one attached hydrogen (secondary N) is 2. The first-order chi connectivity index (χ1) is 16.5. The van der Waals surface area contributed by atoms with Crippen molar-refractivity contribution in [1.82, 2.24) is 10.6 Å². The monoisotopic (exact) mass is 464 g/mol. The van der Waals surface area contributed by atoms with Crippen molar-refractivity contribution in [3.05, 3.63) is 59.7 Å².